The summed E-state index contributed by atoms with van der Waals surface area (Å²) < 4.78 is 2.05. The van der Waals surface area contributed by atoms with Gasteiger partial charge in [-0.1, -0.05) is 30.7 Å². The van der Waals surface area contributed by atoms with Crippen LogP contribution in [0.3, 0.4) is 0 Å². The fourth-order valence-corrected chi connectivity index (χ4v) is 4.00. The Morgan fingerprint density at radius 1 is 1.22 bits per heavy atom. The molecule has 0 aliphatic carbocycles. The highest BCUT2D eigenvalue weighted by Gasteiger charge is 2.20. The predicted molar refractivity (Wildman–Crippen MR) is 86.7 cm³/mol. The van der Waals surface area contributed by atoms with Gasteiger partial charge in [-0.25, -0.2) is 0 Å². The van der Waals surface area contributed by atoms with Crippen LogP contribution >= 0.6 is 54.8 Å². The molecule has 18 heavy (non-hydrogen) atoms. The second-order valence-electron chi connectivity index (χ2n) is 3.81. The molecule has 0 amide bonds. The Morgan fingerprint density at radius 3 is 2.61 bits per heavy atom. The minimum Gasteiger partial charge on any atom is -0.306 e. The zero-order valence-electron chi connectivity index (χ0n) is 9.71. The van der Waals surface area contributed by atoms with E-state index in [1.54, 1.807) is 11.3 Å². The summed E-state index contributed by atoms with van der Waals surface area (Å²) in [6, 6.07) is 6.14. The van der Waals surface area contributed by atoms with E-state index < -0.39 is 0 Å². The van der Waals surface area contributed by atoms with Gasteiger partial charge in [-0.3, -0.25) is 0 Å². The largest absolute Gasteiger partial charge is 0.306 e. The van der Waals surface area contributed by atoms with Gasteiger partial charge in [0, 0.05) is 14.3 Å². The molecule has 1 atom stereocenters. The number of benzene rings is 1. The highest BCUT2D eigenvalue weighted by atomic mass is 79.9. The van der Waals surface area contributed by atoms with E-state index in [1.165, 1.54) is 5.56 Å². The molecule has 0 fully saturated rings. The molecule has 0 aliphatic rings. The van der Waals surface area contributed by atoms with Crippen LogP contribution in [0.25, 0.3) is 0 Å². The van der Waals surface area contributed by atoms with Crippen molar-refractivity contribution in [3.05, 3.63) is 54.1 Å². The Balaban J connectivity index is 2.48. The summed E-state index contributed by atoms with van der Waals surface area (Å²) in [5, 5.41) is 8.48. The van der Waals surface area contributed by atoms with Gasteiger partial charge in [-0.15, -0.1) is 0 Å². The van der Waals surface area contributed by atoms with E-state index in [4.69, 9.17) is 11.6 Å². The Hall–Kier alpha value is 0.130. The van der Waals surface area contributed by atoms with Gasteiger partial charge in [0.05, 0.1) is 11.1 Å². The molecular weight excluding hydrogens is 397 g/mol. The average molecular weight is 410 g/mol. The van der Waals surface area contributed by atoms with Crippen molar-refractivity contribution >= 4 is 54.8 Å². The van der Waals surface area contributed by atoms with Crippen LogP contribution in [0.15, 0.2) is 37.9 Å². The van der Waals surface area contributed by atoms with Crippen LogP contribution in [-0.2, 0) is 0 Å². The van der Waals surface area contributed by atoms with Gasteiger partial charge in [0.15, 0.2) is 0 Å². The molecule has 1 aromatic heterocycles. The lowest BCUT2D eigenvalue weighted by Crippen LogP contribution is -2.22. The summed E-state index contributed by atoms with van der Waals surface area (Å²) in [7, 11) is 0. The lowest BCUT2D eigenvalue weighted by molar-refractivity contribution is 0.630. The number of halogens is 3. The smallest absolute Gasteiger partial charge is 0.0611 e. The van der Waals surface area contributed by atoms with E-state index in [-0.39, 0.29) is 6.04 Å². The van der Waals surface area contributed by atoms with Crippen molar-refractivity contribution in [3.63, 3.8) is 0 Å². The van der Waals surface area contributed by atoms with Crippen LogP contribution in [0.2, 0.25) is 5.02 Å². The summed E-state index contributed by atoms with van der Waals surface area (Å²) in [5.74, 6) is 0. The van der Waals surface area contributed by atoms with Crippen molar-refractivity contribution in [2.45, 2.75) is 13.0 Å². The van der Waals surface area contributed by atoms with E-state index in [1.807, 2.05) is 12.1 Å². The van der Waals surface area contributed by atoms with E-state index in [2.05, 4.69) is 60.9 Å². The first-order valence-electron chi connectivity index (χ1n) is 5.54. The molecule has 1 heterocycles. The van der Waals surface area contributed by atoms with Crippen LogP contribution in [0.5, 0.6) is 0 Å². The van der Waals surface area contributed by atoms with Gasteiger partial charge < -0.3 is 5.32 Å². The molecule has 0 spiro atoms. The molecule has 96 valence electrons. The normalized spacial score (nSPS) is 12.7. The standard InChI is InChI=1S/C13H12Br2ClNS/c1-2-17-13(9-6-18-7-11(9)15)8-4-3-5-10(14)12(8)16/h3-7,13,17H,2H2,1H3. The second-order valence-corrected chi connectivity index (χ2v) is 6.64. The second kappa shape index (κ2) is 6.53. The average Bonchev–Trinajstić information content (AvgIpc) is 2.76. The van der Waals surface area contributed by atoms with Crippen LogP contribution in [0.1, 0.15) is 24.1 Å². The topological polar surface area (TPSA) is 12.0 Å². The van der Waals surface area contributed by atoms with E-state index in [9.17, 15) is 0 Å². The molecule has 5 heteroatoms. The highest BCUT2D eigenvalue weighted by molar-refractivity contribution is 9.10. The molecule has 0 aliphatic heterocycles. The summed E-state index contributed by atoms with van der Waals surface area (Å²) in [4.78, 5) is 0. The molecule has 0 saturated heterocycles. The predicted octanol–water partition coefficient (Wildman–Crippen LogP) is 5.63. The van der Waals surface area contributed by atoms with Gasteiger partial charge >= 0.3 is 0 Å². The maximum atomic E-state index is 6.39. The summed E-state index contributed by atoms with van der Waals surface area (Å²) in [6.07, 6.45) is 0. The zero-order chi connectivity index (χ0) is 13.1. The van der Waals surface area contributed by atoms with Crippen molar-refractivity contribution in [2.24, 2.45) is 0 Å². The first-order chi connectivity index (χ1) is 8.65. The molecule has 0 saturated carbocycles. The van der Waals surface area contributed by atoms with Crippen LogP contribution in [0.4, 0.5) is 0 Å². The van der Waals surface area contributed by atoms with E-state index >= 15 is 0 Å². The third-order valence-corrected chi connectivity index (χ3v) is 5.72. The summed E-state index contributed by atoms with van der Waals surface area (Å²) in [5.41, 5.74) is 2.31. The van der Waals surface area contributed by atoms with Crippen molar-refractivity contribution in [3.8, 4) is 0 Å². The number of rotatable bonds is 4. The molecule has 0 radical (unpaired) electrons. The Labute approximate surface area is 133 Å². The molecule has 1 N–H and O–H groups in total. The molecular formula is C13H12Br2ClNS. The Kier molecular flexibility index (Phi) is 5.27. The number of nitrogens with one attached hydrogen (secondary N) is 1. The third-order valence-electron chi connectivity index (χ3n) is 2.65. The molecule has 0 bridgehead atoms. The molecule has 1 nitrogen and oxygen atoms in total. The molecule has 1 unspecified atom stereocenters. The lowest BCUT2D eigenvalue weighted by atomic mass is 10.0. The number of hydrogen-bond acceptors (Lipinski definition) is 2. The maximum absolute atomic E-state index is 6.39. The lowest BCUT2D eigenvalue weighted by Gasteiger charge is -2.20. The SMILES string of the molecule is CCNC(c1cscc1Br)c1cccc(Br)c1Cl. The molecule has 1 aromatic carbocycles. The van der Waals surface area contributed by atoms with Crippen LogP contribution < -0.4 is 5.32 Å². The highest BCUT2D eigenvalue weighted by Crippen LogP contribution is 2.37. The van der Waals surface area contributed by atoms with Gasteiger partial charge in [-0.2, -0.15) is 11.3 Å². The zero-order valence-corrected chi connectivity index (χ0v) is 14.5. The maximum Gasteiger partial charge on any atom is 0.0611 e. The summed E-state index contributed by atoms with van der Waals surface area (Å²) in [6.45, 7) is 2.98. The van der Waals surface area contributed by atoms with Crippen molar-refractivity contribution < 1.29 is 0 Å². The van der Waals surface area contributed by atoms with Crippen molar-refractivity contribution in [2.75, 3.05) is 6.54 Å². The van der Waals surface area contributed by atoms with E-state index in [0.717, 1.165) is 26.1 Å². The summed E-state index contributed by atoms with van der Waals surface area (Å²) >= 11 is 15.1. The van der Waals surface area contributed by atoms with Crippen molar-refractivity contribution in [1.29, 1.82) is 0 Å². The fraction of sp³-hybridized carbons (Fsp3) is 0.231. The van der Waals surface area contributed by atoms with Gasteiger partial charge in [0.2, 0.25) is 0 Å². The Bertz CT molecular complexity index is 542. The van der Waals surface area contributed by atoms with Gasteiger partial charge in [-0.05, 0) is 61.0 Å². The van der Waals surface area contributed by atoms with Gasteiger partial charge in [0.1, 0.15) is 0 Å². The number of hydrogen-bond donors (Lipinski definition) is 1. The Morgan fingerprint density at radius 2 is 2.00 bits per heavy atom. The molecule has 2 aromatic rings. The number of thiophene rings is 1. The van der Waals surface area contributed by atoms with E-state index in [0.29, 0.717) is 0 Å². The van der Waals surface area contributed by atoms with Crippen LogP contribution in [0, 0.1) is 0 Å². The minimum atomic E-state index is 0.112. The first kappa shape index (κ1) is 14.5. The first-order valence-corrected chi connectivity index (χ1v) is 8.44. The monoisotopic (exact) mass is 407 g/mol. The van der Waals surface area contributed by atoms with Crippen molar-refractivity contribution in [1.82, 2.24) is 5.32 Å². The third kappa shape index (κ3) is 2.99. The quantitative estimate of drug-likeness (QED) is 0.690. The van der Waals surface area contributed by atoms with Crippen LogP contribution in [-0.4, -0.2) is 6.54 Å². The fourth-order valence-electron chi connectivity index (χ4n) is 1.83. The van der Waals surface area contributed by atoms with Gasteiger partial charge in [0.25, 0.3) is 0 Å². The minimum absolute atomic E-state index is 0.112. The molecule has 2 rings (SSSR count).